The summed E-state index contributed by atoms with van der Waals surface area (Å²) in [7, 11) is 0. The van der Waals surface area contributed by atoms with Crippen molar-refractivity contribution in [2.45, 2.75) is 25.7 Å². The topological polar surface area (TPSA) is 62.5 Å². The number of amides is 1. The Morgan fingerprint density at radius 3 is 2.64 bits per heavy atom. The van der Waals surface area contributed by atoms with Crippen molar-refractivity contribution in [2.75, 3.05) is 32.7 Å². The van der Waals surface area contributed by atoms with Gasteiger partial charge in [0.25, 0.3) is 0 Å². The molecule has 0 atom stereocenters. The summed E-state index contributed by atoms with van der Waals surface area (Å²) in [5.41, 5.74) is 0. The fraction of sp³-hybridized carbons (Fsp3) is 0.450. The summed E-state index contributed by atoms with van der Waals surface area (Å²) in [4.78, 5) is 23.6. The highest BCUT2D eigenvalue weighted by molar-refractivity contribution is 7.13. The van der Waals surface area contributed by atoms with E-state index in [1.807, 2.05) is 28.5 Å². The first kappa shape index (κ1) is 19.3. The molecule has 3 aromatic rings. The maximum atomic E-state index is 12.4. The van der Waals surface area contributed by atoms with Crippen molar-refractivity contribution in [2.24, 2.45) is 0 Å². The van der Waals surface area contributed by atoms with Crippen LogP contribution >= 0.6 is 22.7 Å². The Labute approximate surface area is 172 Å². The third-order valence-electron chi connectivity index (χ3n) is 4.96. The van der Waals surface area contributed by atoms with Crippen LogP contribution in [0.25, 0.3) is 10.7 Å². The van der Waals surface area contributed by atoms with Gasteiger partial charge in [-0.2, -0.15) is 4.98 Å². The van der Waals surface area contributed by atoms with E-state index in [0.29, 0.717) is 18.1 Å². The molecule has 4 rings (SSSR count). The van der Waals surface area contributed by atoms with Crippen molar-refractivity contribution < 1.29 is 9.32 Å². The second-order valence-corrected chi connectivity index (χ2v) is 8.87. The molecule has 0 bridgehead atoms. The first-order valence-electron chi connectivity index (χ1n) is 9.67. The van der Waals surface area contributed by atoms with E-state index in [2.05, 4.69) is 26.5 Å². The number of piperazine rings is 1. The Balaban J connectivity index is 1.14. The van der Waals surface area contributed by atoms with Crippen LogP contribution in [0, 0.1) is 0 Å². The number of nitrogens with zero attached hydrogens (tertiary/aromatic N) is 4. The zero-order valence-corrected chi connectivity index (χ0v) is 17.4. The lowest BCUT2D eigenvalue weighted by molar-refractivity contribution is -0.132. The normalized spacial score (nSPS) is 15.2. The predicted molar refractivity (Wildman–Crippen MR) is 112 cm³/mol. The molecule has 0 radical (unpaired) electrons. The molecule has 1 fully saturated rings. The number of aromatic nitrogens is 2. The van der Waals surface area contributed by atoms with Gasteiger partial charge in [-0.1, -0.05) is 17.3 Å². The molecule has 1 amide bonds. The molecule has 0 aromatic carbocycles. The van der Waals surface area contributed by atoms with Crippen molar-refractivity contribution in [3.8, 4) is 10.7 Å². The Bertz CT molecular complexity index is 853. The smallest absolute Gasteiger partial charge is 0.227 e. The number of carbonyl (C=O) groups excluding carboxylic acids is 1. The lowest BCUT2D eigenvalue weighted by atomic mass is 10.2. The first-order chi connectivity index (χ1) is 13.8. The summed E-state index contributed by atoms with van der Waals surface area (Å²) < 4.78 is 5.36. The number of hydrogen-bond acceptors (Lipinski definition) is 7. The molecule has 0 aliphatic carbocycles. The molecule has 0 unspecified atom stereocenters. The molecule has 0 N–H and O–H groups in total. The molecule has 8 heteroatoms. The second-order valence-electron chi connectivity index (χ2n) is 6.89. The Hall–Kier alpha value is -2.03. The second kappa shape index (κ2) is 9.45. The van der Waals surface area contributed by atoms with Crippen LogP contribution in [0.4, 0.5) is 0 Å². The van der Waals surface area contributed by atoms with Crippen LogP contribution < -0.4 is 0 Å². The molecule has 0 spiro atoms. The largest absolute Gasteiger partial charge is 0.340 e. The fourth-order valence-corrected chi connectivity index (χ4v) is 4.74. The summed E-state index contributed by atoms with van der Waals surface area (Å²) in [5.74, 6) is 1.66. The minimum Gasteiger partial charge on any atom is -0.340 e. The predicted octanol–water partition coefficient (Wildman–Crippen LogP) is 3.57. The van der Waals surface area contributed by atoms with Crippen molar-refractivity contribution in [3.05, 3.63) is 45.8 Å². The van der Waals surface area contributed by atoms with Crippen molar-refractivity contribution in [3.63, 3.8) is 0 Å². The molecule has 1 saturated heterocycles. The number of hydrogen-bond donors (Lipinski definition) is 0. The molecule has 1 aliphatic rings. The van der Waals surface area contributed by atoms with Gasteiger partial charge in [-0.25, -0.2) is 0 Å². The van der Waals surface area contributed by atoms with Crippen LogP contribution in [-0.4, -0.2) is 58.6 Å². The van der Waals surface area contributed by atoms with Gasteiger partial charge in [0.1, 0.15) is 0 Å². The van der Waals surface area contributed by atoms with Crippen molar-refractivity contribution in [1.29, 1.82) is 0 Å². The third kappa shape index (κ3) is 5.06. The van der Waals surface area contributed by atoms with E-state index < -0.39 is 0 Å². The van der Waals surface area contributed by atoms with E-state index in [1.54, 1.807) is 22.7 Å². The molecule has 6 nitrogen and oxygen atoms in total. The van der Waals surface area contributed by atoms with Crippen LogP contribution in [-0.2, 0) is 17.6 Å². The molecule has 4 heterocycles. The zero-order chi connectivity index (χ0) is 19.2. The van der Waals surface area contributed by atoms with Gasteiger partial charge in [-0.15, -0.1) is 22.7 Å². The number of rotatable bonds is 8. The van der Waals surface area contributed by atoms with Gasteiger partial charge in [-0.3, -0.25) is 9.69 Å². The Morgan fingerprint density at radius 1 is 1.07 bits per heavy atom. The summed E-state index contributed by atoms with van der Waals surface area (Å²) in [6.45, 7) is 4.52. The molecule has 3 aromatic heterocycles. The molecule has 28 heavy (non-hydrogen) atoms. The summed E-state index contributed by atoms with van der Waals surface area (Å²) >= 11 is 3.34. The highest BCUT2D eigenvalue weighted by Crippen LogP contribution is 2.21. The molecule has 148 valence electrons. The lowest BCUT2D eigenvalue weighted by Crippen LogP contribution is -2.48. The van der Waals surface area contributed by atoms with Crippen molar-refractivity contribution >= 4 is 28.6 Å². The average molecular weight is 417 g/mol. The van der Waals surface area contributed by atoms with E-state index in [-0.39, 0.29) is 5.91 Å². The van der Waals surface area contributed by atoms with Gasteiger partial charge in [0.05, 0.1) is 4.88 Å². The number of aryl methyl sites for hydroxylation is 2. The van der Waals surface area contributed by atoms with Crippen LogP contribution in [0.15, 0.2) is 39.5 Å². The van der Waals surface area contributed by atoms with Gasteiger partial charge in [0, 0.05) is 43.9 Å². The third-order valence-corrected chi connectivity index (χ3v) is 6.77. The van der Waals surface area contributed by atoms with E-state index in [1.165, 1.54) is 4.88 Å². The average Bonchev–Trinajstić information content (AvgIpc) is 3.49. The van der Waals surface area contributed by atoms with Gasteiger partial charge in [-0.05, 0) is 42.3 Å². The SMILES string of the molecule is O=C(CCc1cccs1)N1CCN(CCCc2nc(-c3cccs3)no2)CC1. The van der Waals surface area contributed by atoms with Crippen LogP contribution in [0.5, 0.6) is 0 Å². The highest BCUT2D eigenvalue weighted by atomic mass is 32.1. The number of thiophene rings is 2. The van der Waals surface area contributed by atoms with E-state index >= 15 is 0 Å². The summed E-state index contributed by atoms with van der Waals surface area (Å²) in [5, 5.41) is 8.13. The van der Waals surface area contributed by atoms with Gasteiger partial charge >= 0.3 is 0 Å². The standard InChI is InChI=1S/C20H24N4O2S2/c25-19(8-7-16-4-2-14-27-16)24-12-10-23(11-13-24)9-1-6-18-21-20(22-26-18)17-5-3-15-28-17/h2-5,14-15H,1,6-13H2. The quantitative estimate of drug-likeness (QED) is 0.562. The highest BCUT2D eigenvalue weighted by Gasteiger charge is 2.21. The van der Waals surface area contributed by atoms with Gasteiger partial charge in [0.2, 0.25) is 17.6 Å². The maximum absolute atomic E-state index is 12.4. The Kier molecular flexibility index (Phi) is 6.51. The van der Waals surface area contributed by atoms with E-state index in [4.69, 9.17) is 4.52 Å². The summed E-state index contributed by atoms with van der Waals surface area (Å²) in [6.07, 6.45) is 3.25. The fourth-order valence-electron chi connectivity index (χ4n) is 3.38. The molecular weight excluding hydrogens is 392 g/mol. The first-order valence-corrected chi connectivity index (χ1v) is 11.4. The van der Waals surface area contributed by atoms with Crippen LogP contribution in [0.1, 0.15) is 23.6 Å². The molecule has 0 saturated carbocycles. The van der Waals surface area contributed by atoms with Crippen molar-refractivity contribution in [1.82, 2.24) is 19.9 Å². The Morgan fingerprint density at radius 2 is 1.89 bits per heavy atom. The summed E-state index contributed by atoms with van der Waals surface area (Å²) in [6, 6.07) is 8.13. The zero-order valence-electron chi connectivity index (χ0n) is 15.7. The minimum atomic E-state index is 0.278. The number of carbonyl (C=O) groups is 1. The van der Waals surface area contributed by atoms with E-state index in [0.717, 1.165) is 56.9 Å². The monoisotopic (exact) mass is 416 g/mol. The lowest BCUT2D eigenvalue weighted by Gasteiger charge is -2.34. The maximum Gasteiger partial charge on any atom is 0.227 e. The molecule has 1 aliphatic heterocycles. The van der Waals surface area contributed by atoms with Gasteiger partial charge < -0.3 is 9.42 Å². The minimum absolute atomic E-state index is 0.278. The van der Waals surface area contributed by atoms with Crippen LogP contribution in [0.3, 0.4) is 0 Å². The van der Waals surface area contributed by atoms with Gasteiger partial charge in [0.15, 0.2) is 0 Å². The molecular formula is C20H24N4O2S2. The van der Waals surface area contributed by atoms with E-state index in [9.17, 15) is 4.79 Å². The van der Waals surface area contributed by atoms with Crippen LogP contribution in [0.2, 0.25) is 0 Å².